The van der Waals surface area contributed by atoms with Crippen LogP contribution in [0.1, 0.15) is 50.9 Å². The van der Waals surface area contributed by atoms with Crippen LogP contribution in [0, 0.1) is 11.3 Å². The molecule has 0 bridgehead atoms. The predicted octanol–water partition coefficient (Wildman–Crippen LogP) is 2.81. The number of nitrogens with zero attached hydrogens (tertiary/aromatic N) is 3. The van der Waals surface area contributed by atoms with Crippen molar-refractivity contribution in [3.63, 3.8) is 0 Å². The summed E-state index contributed by atoms with van der Waals surface area (Å²) in [6, 6.07) is 5.30. The molecule has 1 aromatic carbocycles. The number of Topliss-reactive ketones (excluding diaryl/α,β-unsaturated/α-hetero) is 1. The first-order chi connectivity index (χ1) is 18.1. The van der Waals surface area contributed by atoms with Gasteiger partial charge in [-0.3, -0.25) is 19.3 Å². The Balaban J connectivity index is 1.47. The summed E-state index contributed by atoms with van der Waals surface area (Å²) in [5, 5.41) is 2.87. The molecule has 3 aliphatic heterocycles. The van der Waals surface area contributed by atoms with E-state index >= 15 is 0 Å². The summed E-state index contributed by atoms with van der Waals surface area (Å²) < 4.78 is 32.7. The second kappa shape index (κ2) is 11.7. The number of ether oxygens (including phenoxy) is 1. The highest BCUT2D eigenvalue weighted by Crippen LogP contribution is 2.37. The maximum atomic E-state index is 13.8. The van der Waals surface area contributed by atoms with E-state index < -0.39 is 47.8 Å². The van der Waals surface area contributed by atoms with Crippen molar-refractivity contribution in [2.45, 2.75) is 65.1 Å². The van der Waals surface area contributed by atoms with Crippen molar-refractivity contribution in [1.82, 2.24) is 15.1 Å². The fraction of sp³-hybridized carbons (Fsp3) is 0.679. The van der Waals surface area contributed by atoms with Crippen LogP contribution in [0.25, 0.3) is 0 Å². The van der Waals surface area contributed by atoms with Crippen LogP contribution in [0.4, 0.5) is 14.5 Å². The van der Waals surface area contributed by atoms with Crippen molar-refractivity contribution in [3.05, 3.63) is 29.8 Å². The zero-order valence-corrected chi connectivity index (χ0v) is 22.8. The number of fused-ring (bicyclic) bond motifs is 1. The van der Waals surface area contributed by atoms with Crippen LogP contribution in [0.15, 0.2) is 24.3 Å². The molecule has 0 saturated carbocycles. The molecule has 38 heavy (non-hydrogen) atoms. The molecule has 4 rings (SSSR count). The minimum atomic E-state index is -2.72. The molecular formula is C28H40F2N4O4. The normalized spacial score (nSPS) is 25.1. The van der Waals surface area contributed by atoms with Gasteiger partial charge in [0.05, 0.1) is 12.0 Å². The van der Waals surface area contributed by atoms with Crippen molar-refractivity contribution >= 4 is 23.3 Å². The molecule has 3 heterocycles. The van der Waals surface area contributed by atoms with Crippen LogP contribution in [-0.4, -0.2) is 97.9 Å². The number of ketones is 1. The molecule has 210 valence electrons. The van der Waals surface area contributed by atoms with E-state index in [1.807, 2.05) is 32.9 Å². The number of benzene rings is 1. The Morgan fingerprint density at radius 2 is 1.76 bits per heavy atom. The van der Waals surface area contributed by atoms with Gasteiger partial charge in [-0.15, -0.1) is 0 Å². The summed E-state index contributed by atoms with van der Waals surface area (Å²) in [5.74, 6) is -2.55. The first kappa shape index (κ1) is 28.4. The molecule has 4 atom stereocenters. The standard InChI is InChI=1S/C28H40F2N4O4/c1-5-11-32-12-14-33(15-13-32)19-9-7-18(8-10-19)26(36)31-24(28(3,4)6-2)27(37)34-16-20(25(29)30)23-22(34)21(35)17-38-23/h7-10,20,22-25H,5-6,11-17H2,1-4H3,(H,31,36)/t20-,22-,23-,24-/m1/s1. The molecule has 2 amide bonds. The Labute approximate surface area is 223 Å². The topological polar surface area (TPSA) is 82.2 Å². The summed E-state index contributed by atoms with van der Waals surface area (Å²) in [6.45, 7) is 12.2. The van der Waals surface area contributed by atoms with Crippen molar-refractivity contribution in [3.8, 4) is 0 Å². The first-order valence-corrected chi connectivity index (χ1v) is 13.7. The van der Waals surface area contributed by atoms with Crippen molar-refractivity contribution in [2.75, 3.05) is 50.8 Å². The molecule has 0 aliphatic carbocycles. The Morgan fingerprint density at radius 3 is 2.34 bits per heavy atom. The highest BCUT2D eigenvalue weighted by Gasteiger charge is 2.56. The minimum Gasteiger partial charge on any atom is -0.369 e. The third kappa shape index (κ3) is 5.71. The molecule has 0 spiro atoms. The van der Waals surface area contributed by atoms with Gasteiger partial charge in [0.2, 0.25) is 12.3 Å². The molecule has 0 aromatic heterocycles. The number of amides is 2. The number of hydrogen-bond donors (Lipinski definition) is 1. The minimum absolute atomic E-state index is 0.274. The Morgan fingerprint density at radius 1 is 1.11 bits per heavy atom. The van der Waals surface area contributed by atoms with E-state index in [2.05, 4.69) is 22.0 Å². The van der Waals surface area contributed by atoms with Crippen LogP contribution >= 0.6 is 0 Å². The monoisotopic (exact) mass is 534 g/mol. The third-order valence-electron chi connectivity index (χ3n) is 8.45. The lowest BCUT2D eigenvalue weighted by Crippen LogP contribution is -2.57. The van der Waals surface area contributed by atoms with Gasteiger partial charge >= 0.3 is 0 Å². The molecule has 10 heteroatoms. The van der Waals surface area contributed by atoms with E-state index in [9.17, 15) is 23.2 Å². The number of piperazine rings is 1. The van der Waals surface area contributed by atoms with E-state index in [1.54, 1.807) is 12.1 Å². The van der Waals surface area contributed by atoms with Gasteiger partial charge in [-0.05, 0) is 49.1 Å². The molecule has 0 unspecified atom stereocenters. The van der Waals surface area contributed by atoms with E-state index in [1.165, 1.54) is 4.90 Å². The van der Waals surface area contributed by atoms with Gasteiger partial charge < -0.3 is 19.9 Å². The lowest BCUT2D eigenvalue weighted by molar-refractivity contribution is -0.140. The summed E-state index contributed by atoms with van der Waals surface area (Å²) in [4.78, 5) is 45.5. The quantitative estimate of drug-likeness (QED) is 0.525. The average molecular weight is 535 g/mol. The number of anilines is 1. The van der Waals surface area contributed by atoms with Gasteiger partial charge in [0, 0.05) is 44.0 Å². The zero-order valence-electron chi connectivity index (χ0n) is 22.8. The maximum absolute atomic E-state index is 13.8. The van der Waals surface area contributed by atoms with E-state index in [0.29, 0.717) is 12.0 Å². The van der Waals surface area contributed by atoms with Crippen LogP contribution in [-0.2, 0) is 14.3 Å². The highest BCUT2D eigenvalue weighted by molar-refractivity contribution is 5.99. The van der Waals surface area contributed by atoms with E-state index in [-0.39, 0.29) is 18.9 Å². The molecular weight excluding hydrogens is 494 g/mol. The molecule has 3 fully saturated rings. The number of carbonyl (C=O) groups is 3. The number of halogens is 2. The molecule has 1 N–H and O–H groups in total. The second-order valence-electron chi connectivity index (χ2n) is 11.3. The average Bonchev–Trinajstić information content (AvgIpc) is 3.48. The van der Waals surface area contributed by atoms with E-state index in [0.717, 1.165) is 44.8 Å². The summed E-state index contributed by atoms with van der Waals surface area (Å²) in [7, 11) is 0. The number of likely N-dealkylation sites (tertiary alicyclic amines) is 1. The maximum Gasteiger partial charge on any atom is 0.251 e. The Hall–Kier alpha value is -2.59. The Kier molecular flexibility index (Phi) is 8.72. The van der Waals surface area contributed by atoms with Crippen molar-refractivity contribution in [1.29, 1.82) is 0 Å². The van der Waals surface area contributed by atoms with Crippen LogP contribution in [0.2, 0.25) is 0 Å². The largest absolute Gasteiger partial charge is 0.369 e. The van der Waals surface area contributed by atoms with Gasteiger partial charge in [0.25, 0.3) is 5.91 Å². The van der Waals surface area contributed by atoms with Gasteiger partial charge in [0.15, 0.2) is 5.78 Å². The zero-order chi connectivity index (χ0) is 27.6. The van der Waals surface area contributed by atoms with Crippen LogP contribution in [0.3, 0.4) is 0 Å². The molecule has 0 radical (unpaired) electrons. The smallest absolute Gasteiger partial charge is 0.251 e. The number of hydrogen-bond acceptors (Lipinski definition) is 6. The summed E-state index contributed by atoms with van der Waals surface area (Å²) in [6.07, 6.45) is -2.04. The highest BCUT2D eigenvalue weighted by atomic mass is 19.3. The number of nitrogens with one attached hydrogen (secondary N) is 1. The molecule has 1 aromatic rings. The molecule has 8 nitrogen and oxygen atoms in total. The summed E-state index contributed by atoms with van der Waals surface area (Å²) >= 11 is 0. The van der Waals surface area contributed by atoms with Crippen LogP contribution < -0.4 is 10.2 Å². The lowest BCUT2D eigenvalue weighted by Gasteiger charge is -2.37. The Bertz CT molecular complexity index is 1010. The molecule has 3 saturated heterocycles. The molecule has 3 aliphatic rings. The van der Waals surface area contributed by atoms with Gasteiger partial charge in [0.1, 0.15) is 18.7 Å². The van der Waals surface area contributed by atoms with E-state index in [4.69, 9.17) is 4.74 Å². The SMILES string of the molecule is CCCN1CCN(c2ccc(C(=O)N[C@H](C(=O)N3C[C@@H](C(F)F)[C@H]4OCC(=O)[C@H]43)C(C)(C)CC)cc2)CC1. The number of carbonyl (C=O) groups excluding carboxylic acids is 3. The van der Waals surface area contributed by atoms with Crippen molar-refractivity contribution < 1.29 is 27.9 Å². The number of rotatable bonds is 9. The predicted molar refractivity (Wildman–Crippen MR) is 140 cm³/mol. The summed E-state index contributed by atoms with van der Waals surface area (Å²) in [5.41, 5.74) is 0.777. The van der Waals surface area contributed by atoms with Crippen molar-refractivity contribution in [2.24, 2.45) is 11.3 Å². The fourth-order valence-electron chi connectivity index (χ4n) is 5.69. The second-order valence-corrected chi connectivity index (χ2v) is 11.3. The number of alkyl halides is 2. The van der Waals surface area contributed by atoms with Gasteiger partial charge in [-0.2, -0.15) is 0 Å². The first-order valence-electron chi connectivity index (χ1n) is 13.7. The van der Waals surface area contributed by atoms with Gasteiger partial charge in [-0.25, -0.2) is 8.78 Å². The van der Waals surface area contributed by atoms with Gasteiger partial charge in [-0.1, -0.05) is 27.7 Å². The van der Waals surface area contributed by atoms with Crippen LogP contribution in [0.5, 0.6) is 0 Å². The third-order valence-corrected chi connectivity index (χ3v) is 8.45. The lowest BCUT2D eigenvalue weighted by atomic mass is 9.80. The fourth-order valence-corrected chi connectivity index (χ4v) is 5.69.